The Bertz CT molecular complexity index is 487. The van der Waals surface area contributed by atoms with Crippen molar-refractivity contribution in [3.05, 3.63) is 40.3 Å². The minimum Gasteiger partial charge on any atom is -0.302 e. The molecule has 2 atom stereocenters. The highest BCUT2D eigenvalue weighted by Crippen LogP contribution is 2.28. The fourth-order valence-electron chi connectivity index (χ4n) is 2.21. The predicted octanol–water partition coefficient (Wildman–Crippen LogP) is 4.01. The normalized spacial score (nSPS) is 14.8. The maximum Gasteiger partial charge on any atom is 0.0537 e. The molecule has 0 spiro atoms. The van der Waals surface area contributed by atoms with Gasteiger partial charge in [0.05, 0.1) is 6.20 Å². The summed E-state index contributed by atoms with van der Waals surface area (Å²) in [5, 5.41) is 10.2. The van der Waals surface area contributed by atoms with E-state index in [9.17, 15) is 0 Å². The summed E-state index contributed by atoms with van der Waals surface area (Å²) >= 11 is 1.82. The molecule has 0 fully saturated rings. The summed E-state index contributed by atoms with van der Waals surface area (Å²) in [7, 11) is 0. The van der Waals surface area contributed by atoms with Crippen molar-refractivity contribution < 1.29 is 0 Å². The minimum atomic E-state index is 0.315. The first-order valence-corrected chi connectivity index (χ1v) is 7.81. The summed E-state index contributed by atoms with van der Waals surface area (Å²) in [5.74, 6) is 0.572. The van der Waals surface area contributed by atoms with E-state index in [-0.39, 0.29) is 0 Å². The summed E-state index contributed by atoms with van der Waals surface area (Å²) in [6.07, 6.45) is 4.09. The molecule has 4 heteroatoms. The highest BCUT2D eigenvalue weighted by Gasteiger charge is 2.20. The van der Waals surface area contributed by atoms with Crippen molar-refractivity contribution in [2.75, 3.05) is 0 Å². The third kappa shape index (κ3) is 3.45. The van der Waals surface area contributed by atoms with Crippen molar-refractivity contribution in [2.45, 2.75) is 46.3 Å². The number of aryl methyl sites for hydroxylation is 1. The van der Waals surface area contributed by atoms with Crippen LogP contribution in [0.5, 0.6) is 0 Å². The van der Waals surface area contributed by atoms with Gasteiger partial charge in [0.1, 0.15) is 0 Å². The number of aromatic nitrogens is 2. The average Bonchev–Trinajstić information content (AvgIpc) is 3.05. The lowest BCUT2D eigenvalue weighted by atomic mass is 10.0. The third-order valence-corrected chi connectivity index (χ3v) is 4.38. The number of hydrogen-bond donors (Lipinski definition) is 1. The first kappa shape index (κ1) is 14.3. The molecule has 0 saturated heterocycles. The summed E-state index contributed by atoms with van der Waals surface area (Å²) in [5.41, 5.74) is 1.25. The zero-order valence-corrected chi connectivity index (χ0v) is 12.9. The zero-order valence-electron chi connectivity index (χ0n) is 12.1. The van der Waals surface area contributed by atoms with E-state index in [2.05, 4.69) is 61.8 Å². The number of thiophene rings is 1. The van der Waals surface area contributed by atoms with E-state index in [1.807, 2.05) is 22.2 Å². The molecule has 2 aromatic heterocycles. The smallest absolute Gasteiger partial charge is 0.0537 e. The molecule has 3 nitrogen and oxygen atoms in total. The maximum atomic E-state index is 4.35. The van der Waals surface area contributed by atoms with Crippen molar-refractivity contribution in [3.63, 3.8) is 0 Å². The van der Waals surface area contributed by atoms with E-state index in [1.54, 1.807) is 0 Å². The molecule has 2 unspecified atom stereocenters. The molecule has 2 aromatic rings. The fourth-order valence-corrected chi connectivity index (χ4v) is 3.17. The van der Waals surface area contributed by atoms with Crippen molar-refractivity contribution in [1.29, 1.82) is 0 Å². The Morgan fingerprint density at radius 1 is 1.37 bits per heavy atom. The van der Waals surface area contributed by atoms with Crippen molar-refractivity contribution in [1.82, 2.24) is 15.1 Å². The molecule has 0 aliphatic rings. The number of rotatable bonds is 6. The Balaban J connectivity index is 2.09. The Morgan fingerprint density at radius 3 is 2.68 bits per heavy atom. The third-order valence-electron chi connectivity index (χ3n) is 3.42. The second kappa shape index (κ2) is 6.35. The molecule has 0 aliphatic carbocycles. The van der Waals surface area contributed by atoms with E-state index < -0.39 is 0 Å². The molecule has 0 aromatic carbocycles. The van der Waals surface area contributed by atoms with Crippen LogP contribution in [0.25, 0.3) is 0 Å². The Labute approximate surface area is 119 Å². The van der Waals surface area contributed by atoms with Gasteiger partial charge in [0.15, 0.2) is 0 Å². The molecular formula is C15H23N3S. The predicted molar refractivity (Wildman–Crippen MR) is 81.3 cm³/mol. The van der Waals surface area contributed by atoms with Crippen molar-refractivity contribution in [3.8, 4) is 0 Å². The van der Waals surface area contributed by atoms with Crippen LogP contribution in [-0.4, -0.2) is 9.78 Å². The molecule has 0 saturated carbocycles. The molecule has 1 N–H and O–H groups in total. The first-order valence-electron chi connectivity index (χ1n) is 6.93. The molecular weight excluding hydrogens is 254 g/mol. The van der Waals surface area contributed by atoms with E-state index in [4.69, 9.17) is 0 Å². The van der Waals surface area contributed by atoms with Crippen LogP contribution in [0.15, 0.2) is 29.9 Å². The van der Waals surface area contributed by atoms with Crippen LogP contribution in [0.1, 0.15) is 50.2 Å². The molecule has 2 rings (SSSR count). The number of hydrogen-bond acceptors (Lipinski definition) is 3. The van der Waals surface area contributed by atoms with Gasteiger partial charge in [0.2, 0.25) is 0 Å². The lowest BCUT2D eigenvalue weighted by Crippen LogP contribution is -2.27. The van der Waals surface area contributed by atoms with E-state index >= 15 is 0 Å². The summed E-state index contributed by atoms with van der Waals surface area (Å²) < 4.78 is 1.98. The summed E-state index contributed by atoms with van der Waals surface area (Å²) in [6.45, 7) is 9.77. The van der Waals surface area contributed by atoms with E-state index in [0.717, 1.165) is 6.54 Å². The zero-order chi connectivity index (χ0) is 13.8. The van der Waals surface area contributed by atoms with Gasteiger partial charge in [-0.15, -0.1) is 11.3 Å². The van der Waals surface area contributed by atoms with Gasteiger partial charge < -0.3 is 5.32 Å². The minimum absolute atomic E-state index is 0.315. The van der Waals surface area contributed by atoms with Gasteiger partial charge in [0, 0.05) is 35.3 Å². The lowest BCUT2D eigenvalue weighted by Gasteiger charge is -2.25. The number of nitrogens with one attached hydrogen (secondary N) is 1. The lowest BCUT2D eigenvalue weighted by molar-refractivity contribution is 0.379. The van der Waals surface area contributed by atoms with Crippen LogP contribution < -0.4 is 5.32 Å². The van der Waals surface area contributed by atoms with Crippen LogP contribution in [0.2, 0.25) is 0 Å². The fraction of sp³-hybridized carbons (Fsp3) is 0.533. The van der Waals surface area contributed by atoms with Crippen molar-refractivity contribution in [2.24, 2.45) is 5.92 Å². The van der Waals surface area contributed by atoms with Gasteiger partial charge in [-0.2, -0.15) is 5.10 Å². The van der Waals surface area contributed by atoms with Crippen molar-refractivity contribution >= 4 is 11.3 Å². The van der Waals surface area contributed by atoms with Crippen LogP contribution >= 0.6 is 11.3 Å². The quantitative estimate of drug-likeness (QED) is 0.864. The highest BCUT2D eigenvalue weighted by atomic mass is 32.1. The van der Waals surface area contributed by atoms with E-state index in [0.29, 0.717) is 18.0 Å². The summed E-state index contributed by atoms with van der Waals surface area (Å²) in [4.78, 5) is 1.41. The van der Waals surface area contributed by atoms with Gasteiger partial charge in [-0.1, -0.05) is 19.9 Å². The van der Waals surface area contributed by atoms with Crippen LogP contribution in [0.4, 0.5) is 0 Å². The Kier molecular flexibility index (Phi) is 4.77. The van der Waals surface area contributed by atoms with Gasteiger partial charge in [-0.05, 0) is 31.2 Å². The highest BCUT2D eigenvalue weighted by molar-refractivity contribution is 7.10. The Morgan fingerprint density at radius 2 is 2.16 bits per heavy atom. The van der Waals surface area contributed by atoms with Crippen LogP contribution in [0, 0.1) is 5.92 Å². The largest absolute Gasteiger partial charge is 0.302 e. The molecule has 2 heterocycles. The molecule has 0 amide bonds. The molecule has 0 aliphatic heterocycles. The second-order valence-electron chi connectivity index (χ2n) is 5.25. The average molecular weight is 277 g/mol. The Hall–Kier alpha value is -1.13. The van der Waals surface area contributed by atoms with Crippen LogP contribution in [0.3, 0.4) is 0 Å². The van der Waals surface area contributed by atoms with Gasteiger partial charge >= 0.3 is 0 Å². The van der Waals surface area contributed by atoms with Gasteiger partial charge in [-0.25, -0.2) is 0 Å². The van der Waals surface area contributed by atoms with Gasteiger partial charge in [0.25, 0.3) is 0 Å². The topological polar surface area (TPSA) is 29.9 Å². The molecule has 0 radical (unpaired) electrons. The maximum absolute atomic E-state index is 4.35. The summed E-state index contributed by atoms with van der Waals surface area (Å²) in [6, 6.07) is 5.05. The standard InChI is InChI=1S/C15H23N3S/c1-5-18-10-13(9-16-18)12(4)17-15(11(2)3)14-7-6-8-19-14/h6-12,15,17H,5H2,1-4H3. The molecule has 0 bridgehead atoms. The SMILES string of the molecule is CCn1cc(C(C)NC(c2cccs2)C(C)C)cn1. The monoisotopic (exact) mass is 277 g/mol. The number of nitrogens with zero attached hydrogens (tertiary/aromatic N) is 2. The van der Waals surface area contributed by atoms with E-state index in [1.165, 1.54) is 10.4 Å². The molecule has 104 valence electrons. The first-order chi connectivity index (χ1) is 9.11. The second-order valence-corrected chi connectivity index (χ2v) is 6.23. The van der Waals surface area contributed by atoms with Gasteiger partial charge in [-0.3, -0.25) is 4.68 Å². The molecule has 19 heavy (non-hydrogen) atoms. The van der Waals surface area contributed by atoms with Crippen LogP contribution in [-0.2, 0) is 6.54 Å².